The first-order valence-corrected chi connectivity index (χ1v) is 6.78. The Morgan fingerprint density at radius 2 is 2.14 bits per heavy atom. The third kappa shape index (κ3) is 2.43. The maximum atomic E-state index is 10.9. The van der Waals surface area contributed by atoms with E-state index in [0.29, 0.717) is 16.9 Å². The van der Waals surface area contributed by atoms with Crippen molar-refractivity contribution in [1.82, 2.24) is 19.5 Å². The molecule has 1 aliphatic heterocycles. The smallest absolute Gasteiger partial charge is 0.302 e. The van der Waals surface area contributed by atoms with Gasteiger partial charge < -0.3 is 19.7 Å². The number of aromatic nitrogens is 4. The molecule has 9 heteroatoms. The van der Waals surface area contributed by atoms with Gasteiger partial charge in [-0.25, -0.2) is 15.0 Å². The summed E-state index contributed by atoms with van der Waals surface area (Å²) in [6.45, 7) is 2.93. The monoisotopic (exact) mass is 308 g/mol. The molecule has 0 unspecified atom stereocenters. The topological polar surface area (TPSA) is 120 Å². The lowest BCUT2D eigenvalue weighted by Gasteiger charge is -2.16. The van der Waals surface area contributed by atoms with Crippen LogP contribution in [-0.4, -0.2) is 60.6 Å². The van der Waals surface area contributed by atoms with Crippen molar-refractivity contribution >= 4 is 17.1 Å². The number of rotatable bonds is 3. The number of nitrogens with zero attached hydrogens (tertiary/aromatic N) is 4. The van der Waals surface area contributed by atoms with Crippen molar-refractivity contribution in [1.29, 1.82) is 0 Å². The largest absolute Gasteiger partial charge is 0.463 e. The number of hydrogen-bond donors (Lipinski definition) is 2. The van der Waals surface area contributed by atoms with E-state index in [9.17, 15) is 15.0 Å². The number of aliphatic hydroxyl groups is 2. The molecule has 0 aliphatic carbocycles. The summed E-state index contributed by atoms with van der Waals surface area (Å²) >= 11 is 0. The van der Waals surface area contributed by atoms with Gasteiger partial charge in [-0.1, -0.05) is 0 Å². The summed E-state index contributed by atoms with van der Waals surface area (Å²) in [5.41, 5.74) is 1.79. The summed E-state index contributed by atoms with van der Waals surface area (Å²) in [4.78, 5) is 23.2. The molecule has 1 saturated heterocycles. The second kappa shape index (κ2) is 5.59. The summed E-state index contributed by atoms with van der Waals surface area (Å²) in [7, 11) is 0. The van der Waals surface area contributed by atoms with Crippen molar-refractivity contribution in [3.05, 3.63) is 18.3 Å². The fourth-order valence-corrected chi connectivity index (χ4v) is 2.45. The first-order chi connectivity index (χ1) is 10.5. The van der Waals surface area contributed by atoms with Crippen LogP contribution in [0, 0.1) is 6.92 Å². The van der Waals surface area contributed by atoms with Crippen LogP contribution in [0.4, 0.5) is 0 Å². The summed E-state index contributed by atoms with van der Waals surface area (Å²) in [6, 6.07) is 0. The highest BCUT2D eigenvalue weighted by atomic mass is 16.6. The van der Waals surface area contributed by atoms with Crippen LogP contribution in [0.5, 0.6) is 0 Å². The molecule has 2 aromatic heterocycles. The highest BCUT2D eigenvalue weighted by molar-refractivity contribution is 5.72. The average molecular weight is 308 g/mol. The Kier molecular flexibility index (Phi) is 3.77. The molecule has 3 rings (SSSR count). The van der Waals surface area contributed by atoms with E-state index in [2.05, 4.69) is 15.0 Å². The fraction of sp³-hybridized carbons (Fsp3) is 0.538. The minimum absolute atomic E-state index is 0.134. The third-order valence-corrected chi connectivity index (χ3v) is 3.60. The van der Waals surface area contributed by atoms with E-state index < -0.39 is 30.5 Å². The molecule has 0 saturated carbocycles. The van der Waals surface area contributed by atoms with Gasteiger partial charge in [0.2, 0.25) is 0 Å². The number of aliphatic hydroxyl groups excluding tert-OH is 2. The molecule has 1 aliphatic rings. The maximum Gasteiger partial charge on any atom is 0.302 e. The molecule has 0 radical (unpaired) electrons. The SMILES string of the molecule is CC(=O)OC[C@H]1O[C@@H](n2cnc3c(C)ncnc32)[C@H](O)[C@@H]1O. The zero-order valence-electron chi connectivity index (χ0n) is 12.1. The van der Waals surface area contributed by atoms with Crippen LogP contribution in [0.3, 0.4) is 0 Å². The van der Waals surface area contributed by atoms with Crippen LogP contribution >= 0.6 is 0 Å². The number of esters is 1. The summed E-state index contributed by atoms with van der Waals surface area (Å²) in [5.74, 6) is -0.481. The molecular formula is C13H16N4O5. The van der Waals surface area contributed by atoms with Crippen molar-refractivity contribution in [3.63, 3.8) is 0 Å². The lowest BCUT2D eigenvalue weighted by atomic mass is 10.1. The molecule has 2 aromatic rings. The molecule has 0 spiro atoms. The zero-order valence-corrected chi connectivity index (χ0v) is 12.1. The first-order valence-electron chi connectivity index (χ1n) is 6.78. The number of hydrogen-bond acceptors (Lipinski definition) is 8. The number of ether oxygens (including phenoxy) is 2. The third-order valence-electron chi connectivity index (χ3n) is 3.60. The molecule has 2 N–H and O–H groups in total. The minimum Gasteiger partial charge on any atom is -0.463 e. The van der Waals surface area contributed by atoms with Gasteiger partial charge in [0.15, 0.2) is 11.9 Å². The van der Waals surface area contributed by atoms with Crippen molar-refractivity contribution in [3.8, 4) is 0 Å². The van der Waals surface area contributed by atoms with E-state index in [0.717, 1.165) is 0 Å². The van der Waals surface area contributed by atoms with Gasteiger partial charge in [-0.05, 0) is 6.92 Å². The normalized spacial score (nSPS) is 28.2. The number of carbonyl (C=O) groups excluding carboxylic acids is 1. The van der Waals surface area contributed by atoms with E-state index in [1.165, 1.54) is 24.1 Å². The molecular weight excluding hydrogens is 292 g/mol. The van der Waals surface area contributed by atoms with Crippen LogP contribution in [0.15, 0.2) is 12.7 Å². The Hall–Kier alpha value is -2.10. The first kappa shape index (κ1) is 14.8. The van der Waals surface area contributed by atoms with Crippen LogP contribution in [0.2, 0.25) is 0 Å². The molecule has 0 aromatic carbocycles. The van der Waals surface area contributed by atoms with Gasteiger partial charge >= 0.3 is 5.97 Å². The van der Waals surface area contributed by atoms with Gasteiger partial charge in [0, 0.05) is 6.92 Å². The molecule has 3 heterocycles. The minimum atomic E-state index is -1.19. The Balaban J connectivity index is 1.87. The summed E-state index contributed by atoms with van der Waals surface area (Å²) in [6.07, 6.45) is -1.18. The van der Waals surface area contributed by atoms with Crippen molar-refractivity contribution in [2.45, 2.75) is 38.4 Å². The van der Waals surface area contributed by atoms with E-state index in [-0.39, 0.29) is 6.61 Å². The average Bonchev–Trinajstić information content (AvgIpc) is 3.01. The Morgan fingerprint density at radius 3 is 2.86 bits per heavy atom. The second-order valence-electron chi connectivity index (χ2n) is 5.13. The molecule has 0 amide bonds. The quantitative estimate of drug-likeness (QED) is 0.716. The van der Waals surface area contributed by atoms with Gasteiger partial charge in [-0.3, -0.25) is 9.36 Å². The highest BCUT2D eigenvalue weighted by Gasteiger charge is 2.44. The van der Waals surface area contributed by atoms with Gasteiger partial charge in [0.25, 0.3) is 0 Å². The number of aryl methyl sites for hydroxylation is 1. The van der Waals surface area contributed by atoms with Crippen LogP contribution < -0.4 is 0 Å². The second-order valence-corrected chi connectivity index (χ2v) is 5.13. The molecule has 0 bridgehead atoms. The van der Waals surface area contributed by atoms with E-state index in [1.807, 2.05) is 0 Å². The Bertz CT molecular complexity index is 703. The van der Waals surface area contributed by atoms with Gasteiger partial charge in [-0.2, -0.15) is 0 Å². The van der Waals surface area contributed by atoms with Crippen molar-refractivity contribution < 1.29 is 24.5 Å². The van der Waals surface area contributed by atoms with Gasteiger partial charge in [-0.15, -0.1) is 0 Å². The number of carbonyl (C=O) groups is 1. The predicted molar refractivity (Wildman–Crippen MR) is 72.6 cm³/mol. The molecule has 9 nitrogen and oxygen atoms in total. The number of imidazole rings is 1. The van der Waals surface area contributed by atoms with Crippen LogP contribution in [-0.2, 0) is 14.3 Å². The standard InChI is InChI=1S/C13H16N4O5/c1-6-9-12(15-4-14-6)17(5-16-9)13-11(20)10(19)8(22-13)3-21-7(2)18/h4-5,8,10-11,13,19-20H,3H2,1-2H3/t8-,10-,11-,13-/m1/s1. The lowest BCUT2D eigenvalue weighted by Crippen LogP contribution is -2.34. The van der Waals surface area contributed by atoms with Gasteiger partial charge in [0.05, 0.1) is 12.0 Å². The van der Waals surface area contributed by atoms with E-state index >= 15 is 0 Å². The Morgan fingerprint density at radius 1 is 1.36 bits per heavy atom. The molecule has 1 fully saturated rings. The van der Waals surface area contributed by atoms with Gasteiger partial charge in [0.1, 0.15) is 36.8 Å². The Labute approximate surface area is 125 Å². The number of fused-ring (bicyclic) bond motifs is 1. The van der Waals surface area contributed by atoms with Crippen LogP contribution in [0.1, 0.15) is 18.8 Å². The molecule has 22 heavy (non-hydrogen) atoms. The summed E-state index contributed by atoms with van der Waals surface area (Å²) in [5, 5.41) is 20.2. The van der Waals surface area contributed by atoms with Crippen molar-refractivity contribution in [2.24, 2.45) is 0 Å². The summed E-state index contributed by atoms with van der Waals surface area (Å²) < 4.78 is 12.0. The highest BCUT2D eigenvalue weighted by Crippen LogP contribution is 2.31. The fourth-order valence-electron chi connectivity index (χ4n) is 2.45. The lowest BCUT2D eigenvalue weighted by molar-refractivity contribution is -0.147. The predicted octanol–water partition coefficient (Wildman–Crippen LogP) is -0.683. The van der Waals surface area contributed by atoms with E-state index in [4.69, 9.17) is 9.47 Å². The van der Waals surface area contributed by atoms with E-state index in [1.54, 1.807) is 6.92 Å². The van der Waals surface area contributed by atoms with Crippen molar-refractivity contribution in [2.75, 3.05) is 6.61 Å². The zero-order chi connectivity index (χ0) is 15.9. The van der Waals surface area contributed by atoms with Crippen LogP contribution in [0.25, 0.3) is 11.2 Å². The molecule has 118 valence electrons. The maximum absolute atomic E-state index is 10.9. The molecule has 4 atom stereocenters.